The maximum atomic E-state index is 12.5. The molecule has 0 radical (unpaired) electrons. The van der Waals surface area contributed by atoms with Crippen LogP contribution in [-0.4, -0.2) is 36.9 Å². The molecule has 1 aromatic carbocycles. The lowest BCUT2D eigenvalue weighted by atomic mass is 10.1. The van der Waals surface area contributed by atoms with E-state index < -0.39 is 16.0 Å². The highest BCUT2D eigenvalue weighted by Crippen LogP contribution is 2.23. The van der Waals surface area contributed by atoms with E-state index in [1.165, 1.54) is 35.6 Å². The molecule has 1 unspecified atom stereocenters. The number of nitrogens with zero attached hydrogens (tertiary/aromatic N) is 1. The number of rotatable bonds is 5. The van der Waals surface area contributed by atoms with E-state index >= 15 is 0 Å². The quantitative estimate of drug-likeness (QED) is 0.898. The van der Waals surface area contributed by atoms with Gasteiger partial charge in [0.1, 0.15) is 0 Å². The van der Waals surface area contributed by atoms with Crippen LogP contribution in [0, 0.1) is 5.92 Å². The molecule has 0 amide bonds. The van der Waals surface area contributed by atoms with Crippen LogP contribution in [0.3, 0.4) is 0 Å². The predicted molar refractivity (Wildman–Crippen MR) is 72.7 cm³/mol. The van der Waals surface area contributed by atoms with Crippen LogP contribution in [0.15, 0.2) is 29.2 Å². The van der Waals surface area contributed by atoms with Gasteiger partial charge in [-0.2, -0.15) is 4.31 Å². The summed E-state index contributed by atoms with van der Waals surface area (Å²) in [4.78, 5) is 10.9. The maximum absolute atomic E-state index is 12.5. The molecule has 0 aliphatic heterocycles. The summed E-state index contributed by atoms with van der Waals surface area (Å²) in [5.74, 6) is -1.11. The van der Waals surface area contributed by atoms with Gasteiger partial charge in [0.2, 0.25) is 10.0 Å². The molecule has 6 heteroatoms. The van der Waals surface area contributed by atoms with Gasteiger partial charge in [-0.25, -0.2) is 13.2 Å². The lowest BCUT2D eigenvalue weighted by Gasteiger charge is -2.27. The zero-order chi connectivity index (χ0) is 14.8. The molecule has 5 nitrogen and oxygen atoms in total. The first-order valence-electron chi connectivity index (χ1n) is 6.00. The van der Waals surface area contributed by atoms with Crippen molar-refractivity contribution in [2.75, 3.05) is 7.05 Å². The number of aromatic carboxylic acids is 1. The van der Waals surface area contributed by atoms with Gasteiger partial charge in [0.05, 0.1) is 10.5 Å². The Balaban J connectivity index is 3.32. The van der Waals surface area contributed by atoms with Crippen molar-refractivity contribution in [2.24, 2.45) is 5.92 Å². The average Bonchev–Trinajstić information content (AvgIpc) is 2.36. The third-order valence-corrected chi connectivity index (χ3v) is 5.32. The third-order valence-electron chi connectivity index (χ3n) is 3.31. The van der Waals surface area contributed by atoms with Gasteiger partial charge >= 0.3 is 5.97 Å². The Morgan fingerprint density at radius 3 is 2.21 bits per heavy atom. The van der Waals surface area contributed by atoms with Crippen molar-refractivity contribution in [1.82, 2.24) is 4.31 Å². The van der Waals surface area contributed by atoms with Crippen LogP contribution >= 0.6 is 0 Å². The molecule has 1 N–H and O–H groups in total. The molecule has 0 aliphatic rings. The van der Waals surface area contributed by atoms with E-state index in [-0.39, 0.29) is 22.4 Å². The van der Waals surface area contributed by atoms with Gasteiger partial charge in [0.15, 0.2) is 0 Å². The molecule has 1 aromatic rings. The second-order valence-electron chi connectivity index (χ2n) is 4.81. The SMILES string of the molecule is CC(C)C(C)N(C)S(=O)(=O)c1ccccc1C(=O)O. The lowest BCUT2D eigenvalue weighted by molar-refractivity contribution is 0.0692. The van der Waals surface area contributed by atoms with Crippen molar-refractivity contribution >= 4 is 16.0 Å². The molecule has 0 aromatic heterocycles. The van der Waals surface area contributed by atoms with Crippen LogP contribution in [0.25, 0.3) is 0 Å². The van der Waals surface area contributed by atoms with Gasteiger partial charge in [-0.1, -0.05) is 26.0 Å². The average molecular weight is 285 g/mol. The first-order chi connectivity index (χ1) is 8.69. The van der Waals surface area contributed by atoms with E-state index in [1.807, 2.05) is 13.8 Å². The van der Waals surface area contributed by atoms with Gasteiger partial charge in [-0.3, -0.25) is 0 Å². The summed E-state index contributed by atoms with van der Waals surface area (Å²) in [5, 5.41) is 9.08. The highest BCUT2D eigenvalue weighted by atomic mass is 32.2. The van der Waals surface area contributed by atoms with Gasteiger partial charge in [0.25, 0.3) is 0 Å². The van der Waals surface area contributed by atoms with Crippen LogP contribution in [0.1, 0.15) is 31.1 Å². The van der Waals surface area contributed by atoms with E-state index in [9.17, 15) is 13.2 Å². The number of benzene rings is 1. The lowest BCUT2D eigenvalue weighted by Crippen LogP contribution is -2.38. The molecular weight excluding hydrogens is 266 g/mol. The fraction of sp³-hybridized carbons (Fsp3) is 0.462. The van der Waals surface area contributed by atoms with E-state index in [2.05, 4.69) is 0 Å². The monoisotopic (exact) mass is 285 g/mol. The highest BCUT2D eigenvalue weighted by Gasteiger charge is 2.30. The van der Waals surface area contributed by atoms with Gasteiger partial charge < -0.3 is 5.11 Å². The number of hydrogen-bond donors (Lipinski definition) is 1. The molecule has 0 saturated heterocycles. The van der Waals surface area contributed by atoms with Crippen molar-refractivity contribution in [1.29, 1.82) is 0 Å². The Morgan fingerprint density at radius 1 is 1.21 bits per heavy atom. The van der Waals surface area contributed by atoms with Crippen LogP contribution < -0.4 is 0 Å². The minimum Gasteiger partial charge on any atom is -0.478 e. The molecule has 1 rings (SSSR count). The molecule has 1 atom stereocenters. The second-order valence-corrected chi connectivity index (χ2v) is 6.77. The predicted octanol–water partition coefficient (Wildman–Crippen LogP) is 2.05. The number of hydrogen-bond acceptors (Lipinski definition) is 3. The van der Waals surface area contributed by atoms with Crippen LogP contribution in [0.2, 0.25) is 0 Å². The number of carbonyl (C=O) groups is 1. The standard InChI is InChI=1S/C13H19NO4S/c1-9(2)10(3)14(4)19(17,18)12-8-6-5-7-11(12)13(15)16/h5-10H,1-4H3,(H,15,16). The molecule has 19 heavy (non-hydrogen) atoms. The van der Waals surface area contributed by atoms with Crippen molar-refractivity contribution in [3.63, 3.8) is 0 Å². The largest absolute Gasteiger partial charge is 0.478 e. The van der Waals surface area contributed by atoms with Crippen molar-refractivity contribution in [2.45, 2.75) is 31.7 Å². The van der Waals surface area contributed by atoms with Crippen molar-refractivity contribution < 1.29 is 18.3 Å². The van der Waals surface area contributed by atoms with E-state index in [0.29, 0.717) is 0 Å². The summed E-state index contributed by atoms with van der Waals surface area (Å²) in [6.45, 7) is 5.63. The Kier molecular flexibility index (Phi) is 4.70. The van der Waals surface area contributed by atoms with Gasteiger partial charge in [-0.15, -0.1) is 0 Å². The second kappa shape index (κ2) is 5.71. The Hall–Kier alpha value is -1.40. The Morgan fingerprint density at radius 2 is 1.74 bits per heavy atom. The smallest absolute Gasteiger partial charge is 0.337 e. The van der Waals surface area contributed by atoms with E-state index in [0.717, 1.165) is 0 Å². The third kappa shape index (κ3) is 3.13. The maximum Gasteiger partial charge on any atom is 0.337 e. The summed E-state index contributed by atoms with van der Waals surface area (Å²) in [6, 6.07) is 5.43. The summed E-state index contributed by atoms with van der Waals surface area (Å²) in [6.07, 6.45) is 0. The first kappa shape index (κ1) is 15.7. The van der Waals surface area contributed by atoms with Crippen LogP contribution in [0.5, 0.6) is 0 Å². The summed E-state index contributed by atoms with van der Waals surface area (Å²) in [5.41, 5.74) is -0.203. The summed E-state index contributed by atoms with van der Waals surface area (Å²) in [7, 11) is -2.34. The van der Waals surface area contributed by atoms with Crippen molar-refractivity contribution in [3.05, 3.63) is 29.8 Å². The van der Waals surface area contributed by atoms with Crippen LogP contribution in [0.4, 0.5) is 0 Å². The fourth-order valence-electron chi connectivity index (χ4n) is 1.66. The number of carboxylic acid groups (broad SMARTS) is 1. The van der Waals surface area contributed by atoms with E-state index in [4.69, 9.17) is 5.11 Å². The topological polar surface area (TPSA) is 74.7 Å². The summed E-state index contributed by atoms with van der Waals surface area (Å²) < 4.78 is 26.2. The molecule has 0 aliphatic carbocycles. The molecule has 106 valence electrons. The van der Waals surface area contributed by atoms with Gasteiger partial charge in [0, 0.05) is 13.1 Å². The highest BCUT2D eigenvalue weighted by molar-refractivity contribution is 7.89. The molecule has 0 saturated carbocycles. The van der Waals surface area contributed by atoms with E-state index in [1.54, 1.807) is 6.92 Å². The zero-order valence-electron chi connectivity index (χ0n) is 11.5. The molecule has 0 heterocycles. The van der Waals surface area contributed by atoms with Gasteiger partial charge in [-0.05, 0) is 25.0 Å². The molecule has 0 fully saturated rings. The van der Waals surface area contributed by atoms with Crippen LogP contribution in [-0.2, 0) is 10.0 Å². The minimum absolute atomic E-state index is 0.136. The molecule has 0 bridgehead atoms. The molecular formula is C13H19NO4S. The first-order valence-corrected chi connectivity index (χ1v) is 7.44. The summed E-state index contributed by atoms with van der Waals surface area (Å²) >= 11 is 0. The fourth-order valence-corrected chi connectivity index (χ4v) is 3.34. The van der Waals surface area contributed by atoms with Crippen molar-refractivity contribution in [3.8, 4) is 0 Å². The number of sulfonamides is 1. The Labute approximate surface area is 113 Å². The number of carboxylic acids is 1. The Bertz CT molecular complexity index is 566. The molecule has 0 spiro atoms. The zero-order valence-corrected chi connectivity index (χ0v) is 12.3. The minimum atomic E-state index is -3.81. The normalized spacial score (nSPS) is 13.8.